The van der Waals surface area contributed by atoms with Crippen LogP contribution in [0.4, 0.5) is 0 Å². The van der Waals surface area contributed by atoms with Gasteiger partial charge in [0, 0.05) is 46.7 Å². The van der Waals surface area contributed by atoms with Crippen LogP contribution in [0, 0.1) is 5.92 Å². The standard InChI is InChI=1S/C15H26N4O2/c1-18-12-16-17-14(18)7-8-15(20)19-9-3-5-13(11-19)6-4-10-21-2/h12-13H,3-11H2,1-2H3/t13-/m1/s1. The zero-order chi connectivity index (χ0) is 15.1. The lowest BCUT2D eigenvalue weighted by Gasteiger charge is -2.33. The topological polar surface area (TPSA) is 60.2 Å². The summed E-state index contributed by atoms with van der Waals surface area (Å²) in [6.07, 6.45) is 7.46. The molecular formula is C15H26N4O2. The van der Waals surface area contributed by atoms with E-state index in [0.717, 1.165) is 44.8 Å². The molecule has 2 rings (SSSR count). The van der Waals surface area contributed by atoms with Gasteiger partial charge in [0.25, 0.3) is 0 Å². The quantitative estimate of drug-likeness (QED) is 0.714. The van der Waals surface area contributed by atoms with Gasteiger partial charge in [-0.25, -0.2) is 0 Å². The summed E-state index contributed by atoms with van der Waals surface area (Å²) >= 11 is 0. The maximum atomic E-state index is 12.3. The number of carbonyl (C=O) groups is 1. The van der Waals surface area contributed by atoms with Gasteiger partial charge < -0.3 is 14.2 Å². The van der Waals surface area contributed by atoms with Crippen molar-refractivity contribution in [2.45, 2.75) is 38.5 Å². The summed E-state index contributed by atoms with van der Waals surface area (Å²) in [4.78, 5) is 14.3. The molecule has 1 saturated heterocycles. The number of methoxy groups -OCH3 is 1. The van der Waals surface area contributed by atoms with Gasteiger partial charge >= 0.3 is 0 Å². The average molecular weight is 294 g/mol. The smallest absolute Gasteiger partial charge is 0.223 e. The van der Waals surface area contributed by atoms with Gasteiger partial charge in [-0.3, -0.25) is 4.79 Å². The van der Waals surface area contributed by atoms with Crippen molar-refractivity contribution in [1.82, 2.24) is 19.7 Å². The van der Waals surface area contributed by atoms with Crippen LogP contribution in [0.5, 0.6) is 0 Å². The Morgan fingerprint density at radius 2 is 2.38 bits per heavy atom. The van der Waals surface area contributed by atoms with Crippen molar-refractivity contribution in [1.29, 1.82) is 0 Å². The van der Waals surface area contributed by atoms with Crippen molar-refractivity contribution in [3.05, 3.63) is 12.2 Å². The molecule has 2 heterocycles. The normalized spacial score (nSPS) is 19.0. The first-order valence-corrected chi connectivity index (χ1v) is 7.80. The van der Waals surface area contributed by atoms with Gasteiger partial charge in [-0.1, -0.05) is 0 Å². The van der Waals surface area contributed by atoms with E-state index >= 15 is 0 Å². The fraction of sp³-hybridized carbons (Fsp3) is 0.800. The molecule has 0 bridgehead atoms. The Balaban J connectivity index is 1.75. The van der Waals surface area contributed by atoms with E-state index in [4.69, 9.17) is 4.74 Å². The molecule has 1 amide bonds. The highest BCUT2D eigenvalue weighted by molar-refractivity contribution is 5.76. The van der Waals surface area contributed by atoms with Crippen molar-refractivity contribution in [3.8, 4) is 0 Å². The second-order valence-electron chi connectivity index (χ2n) is 5.84. The van der Waals surface area contributed by atoms with Crippen LogP contribution in [0.3, 0.4) is 0 Å². The van der Waals surface area contributed by atoms with Crippen LogP contribution in [0.1, 0.15) is 37.9 Å². The first-order chi connectivity index (χ1) is 10.2. The minimum atomic E-state index is 0.245. The Morgan fingerprint density at radius 1 is 1.52 bits per heavy atom. The summed E-state index contributed by atoms with van der Waals surface area (Å²) in [6, 6.07) is 0. The SMILES string of the molecule is COCCC[C@H]1CCCN(C(=O)CCc2nncn2C)C1. The summed E-state index contributed by atoms with van der Waals surface area (Å²) in [6.45, 7) is 2.62. The average Bonchev–Trinajstić information content (AvgIpc) is 2.91. The zero-order valence-electron chi connectivity index (χ0n) is 13.1. The van der Waals surface area contributed by atoms with Crippen LogP contribution in [0.25, 0.3) is 0 Å². The number of hydrogen-bond donors (Lipinski definition) is 0. The van der Waals surface area contributed by atoms with Gasteiger partial charge in [0.05, 0.1) is 0 Å². The van der Waals surface area contributed by atoms with Crippen LogP contribution in [-0.2, 0) is 23.0 Å². The number of aryl methyl sites for hydroxylation is 2. The third-order valence-electron chi connectivity index (χ3n) is 4.20. The van der Waals surface area contributed by atoms with E-state index in [1.807, 2.05) is 16.5 Å². The van der Waals surface area contributed by atoms with Crippen molar-refractivity contribution >= 4 is 5.91 Å². The maximum absolute atomic E-state index is 12.3. The fourth-order valence-corrected chi connectivity index (χ4v) is 2.95. The molecule has 0 radical (unpaired) electrons. The molecule has 0 N–H and O–H groups in total. The Kier molecular flexibility index (Phi) is 6.17. The van der Waals surface area contributed by atoms with Gasteiger partial charge in [0.2, 0.25) is 5.91 Å². The zero-order valence-corrected chi connectivity index (χ0v) is 13.1. The lowest BCUT2D eigenvalue weighted by atomic mass is 9.93. The Morgan fingerprint density at radius 3 is 3.10 bits per heavy atom. The summed E-state index contributed by atoms with van der Waals surface area (Å²) < 4.78 is 6.97. The fourth-order valence-electron chi connectivity index (χ4n) is 2.95. The van der Waals surface area contributed by atoms with Gasteiger partial charge in [-0.2, -0.15) is 0 Å². The molecule has 1 aromatic heterocycles. The lowest BCUT2D eigenvalue weighted by Crippen LogP contribution is -2.40. The van der Waals surface area contributed by atoms with E-state index in [-0.39, 0.29) is 5.91 Å². The second kappa shape index (κ2) is 8.12. The highest BCUT2D eigenvalue weighted by Gasteiger charge is 2.23. The molecule has 6 heteroatoms. The minimum absolute atomic E-state index is 0.245. The Hall–Kier alpha value is -1.43. The first kappa shape index (κ1) is 15.9. The predicted octanol–water partition coefficient (Wildman–Crippen LogP) is 1.41. The molecular weight excluding hydrogens is 268 g/mol. The van der Waals surface area contributed by atoms with Crippen LogP contribution in [-0.4, -0.2) is 52.4 Å². The molecule has 1 aliphatic rings. The maximum Gasteiger partial charge on any atom is 0.223 e. The molecule has 0 spiro atoms. The molecule has 21 heavy (non-hydrogen) atoms. The number of rotatable bonds is 7. The van der Waals surface area contributed by atoms with Crippen molar-refractivity contribution in [3.63, 3.8) is 0 Å². The third kappa shape index (κ3) is 4.81. The van der Waals surface area contributed by atoms with Gasteiger partial charge in [0.1, 0.15) is 12.2 Å². The number of aromatic nitrogens is 3. The van der Waals surface area contributed by atoms with E-state index in [1.54, 1.807) is 13.4 Å². The molecule has 1 atom stereocenters. The Labute approximate surface area is 126 Å². The summed E-state index contributed by atoms with van der Waals surface area (Å²) in [5, 5.41) is 7.87. The minimum Gasteiger partial charge on any atom is -0.385 e. The number of carbonyl (C=O) groups excluding carboxylic acids is 1. The van der Waals surface area contributed by atoms with E-state index in [2.05, 4.69) is 10.2 Å². The van der Waals surface area contributed by atoms with Crippen LogP contribution in [0.2, 0.25) is 0 Å². The van der Waals surface area contributed by atoms with Gasteiger partial charge in [-0.05, 0) is 31.6 Å². The summed E-state index contributed by atoms with van der Waals surface area (Å²) in [5.41, 5.74) is 0. The molecule has 6 nitrogen and oxygen atoms in total. The molecule has 0 saturated carbocycles. The first-order valence-electron chi connectivity index (χ1n) is 7.80. The highest BCUT2D eigenvalue weighted by Crippen LogP contribution is 2.21. The third-order valence-corrected chi connectivity index (χ3v) is 4.20. The largest absolute Gasteiger partial charge is 0.385 e. The summed E-state index contributed by atoms with van der Waals surface area (Å²) in [7, 11) is 3.65. The van der Waals surface area contributed by atoms with Crippen molar-refractivity contribution in [2.24, 2.45) is 13.0 Å². The van der Waals surface area contributed by atoms with Gasteiger partial charge in [0.15, 0.2) is 0 Å². The van der Waals surface area contributed by atoms with Gasteiger partial charge in [-0.15, -0.1) is 10.2 Å². The predicted molar refractivity (Wildman–Crippen MR) is 79.7 cm³/mol. The number of ether oxygens (including phenoxy) is 1. The van der Waals surface area contributed by atoms with E-state index in [1.165, 1.54) is 6.42 Å². The van der Waals surface area contributed by atoms with Crippen molar-refractivity contribution < 1.29 is 9.53 Å². The molecule has 0 aromatic carbocycles. The van der Waals surface area contributed by atoms with E-state index in [0.29, 0.717) is 18.8 Å². The molecule has 0 aliphatic carbocycles. The Bertz CT molecular complexity index is 447. The molecule has 1 aliphatic heterocycles. The monoisotopic (exact) mass is 294 g/mol. The number of piperidine rings is 1. The summed E-state index contributed by atoms with van der Waals surface area (Å²) in [5.74, 6) is 1.75. The molecule has 1 fully saturated rings. The second-order valence-corrected chi connectivity index (χ2v) is 5.84. The number of amides is 1. The van der Waals surface area contributed by atoms with Crippen molar-refractivity contribution in [2.75, 3.05) is 26.8 Å². The molecule has 1 aromatic rings. The number of hydrogen-bond acceptors (Lipinski definition) is 4. The lowest BCUT2D eigenvalue weighted by molar-refractivity contribution is -0.133. The highest BCUT2D eigenvalue weighted by atomic mass is 16.5. The van der Waals surface area contributed by atoms with Crippen LogP contribution < -0.4 is 0 Å². The van der Waals surface area contributed by atoms with Crippen LogP contribution >= 0.6 is 0 Å². The molecule has 118 valence electrons. The van der Waals surface area contributed by atoms with E-state index < -0.39 is 0 Å². The van der Waals surface area contributed by atoms with Crippen LogP contribution in [0.15, 0.2) is 6.33 Å². The molecule has 0 unspecified atom stereocenters. The number of likely N-dealkylation sites (tertiary alicyclic amines) is 1. The number of nitrogens with zero attached hydrogens (tertiary/aromatic N) is 4. The van der Waals surface area contributed by atoms with E-state index in [9.17, 15) is 4.79 Å².